The molecule has 1 amide bonds. The standard InChI is InChI=1S/C13H23NO4/c1-9(2)18-7-3-6-14-12(15)10-4-5-11(8-10)13(16)17/h9-11H,3-8H2,1-2H3,(H,14,15)(H,16,17). The molecule has 1 fully saturated rings. The number of carbonyl (C=O) groups is 2. The Morgan fingerprint density at radius 1 is 1.33 bits per heavy atom. The number of rotatable bonds is 7. The molecule has 5 heteroatoms. The number of hydrogen-bond donors (Lipinski definition) is 2. The van der Waals surface area contributed by atoms with Crippen LogP contribution in [0.5, 0.6) is 0 Å². The number of hydrogen-bond acceptors (Lipinski definition) is 3. The molecular formula is C13H23NO4. The molecule has 104 valence electrons. The Morgan fingerprint density at radius 3 is 2.56 bits per heavy atom. The van der Waals surface area contributed by atoms with Gasteiger partial charge in [-0.2, -0.15) is 0 Å². The third-order valence-electron chi connectivity index (χ3n) is 3.22. The van der Waals surface area contributed by atoms with Crippen molar-refractivity contribution in [3.8, 4) is 0 Å². The molecule has 1 saturated carbocycles. The molecule has 1 aliphatic carbocycles. The van der Waals surface area contributed by atoms with E-state index in [1.807, 2.05) is 13.8 Å². The summed E-state index contributed by atoms with van der Waals surface area (Å²) in [6.07, 6.45) is 2.78. The van der Waals surface area contributed by atoms with E-state index in [0.29, 0.717) is 32.4 Å². The van der Waals surface area contributed by atoms with Gasteiger partial charge in [-0.3, -0.25) is 9.59 Å². The number of ether oxygens (including phenoxy) is 1. The van der Waals surface area contributed by atoms with Crippen LogP contribution >= 0.6 is 0 Å². The van der Waals surface area contributed by atoms with Gasteiger partial charge in [-0.25, -0.2) is 0 Å². The number of carboxylic acid groups (broad SMARTS) is 1. The van der Waals surface area contributed by atoms with Gasteiger partial charge in [0.25, 0.3) is 0 Å². The van der Waals surface area contributed by atoms with Gasteiger partial charge in [-0.1, -0.05) is 0 Å². The molecule has 2 unspecified atom stereocenters. The van der Waals surface area contributed by atoms with Crippen molar-refractivity contribution < 1.29 is 19.4 Å². The molecule has 1 rings (SSSR count). The number of nitrogens with one attached hydrogen (secondary N) is 1. The first-order valence-corrected chi connectivity index (χ1v) is 6.62. The largest absolute Gasteiger partial charge is 0.481 e. The molecule has 0 saturated heterocycles. The van der Waals surface area contributed by atoms with E-state index in [1.54, 1.807) is 0 Å². The molecule has 1 aliphatic rings. The lowest BCUT2D eigenvalue weighted by molar-refractivity contribution is -0.141. The van der Waals surface area contributed by atoms with Crippen LogP contribution in [-0.4, -0.2) is 36.2 Å². The van der Waals surface area contributed by atoms with Crippen LogP contribution in [0.25, 0.3) is 0 Å². The highest BCUT2D eigenvalue weighted by Crippen LogP contribution is 2.30. The van der Waals surface area contributed by atoms with E-state index >= 15 is 0 Å². The zero-order valence-corrected chi connectivity index (χ0v) is 11.1. The zero-order chi connectivity index (χ0) is 13.5. The summed E-state index contributed by atoms with van der Waals surface area (Å²) in [6, 6.07) is 0. The van der Waals surface area contributed by atoms with Crippen molar-refractivity contribution in [2.75, 3.05) is 13.2 Å². The maximum absolute atomic E-state index is 11.8. The number of carbonyl (C=O) groups excluding carboxylic acids is 1. The van der Waals surface area contributed by atoms with Crippen LogP contribution in [0.1, 0.15) is 39.5 Å². The highest BCUT2D eigenvalue weighted by molar-refractivity contribution is 5.80. The van der Waals surface area contributed by atoms with Crippen LogP contribution in [0.15, 0.2) is 0 Å². The molecular weight excluding hydrogens is 234 g/mol. The molecule has 0 aliphatic heterocycles. The maximum atomic E-state index is 11.8. The van der Waals surface area contributed by atoms with Crippen molar-refractivity contribution in [2.24, 2.45) is 11.8 Å². The predicted molar refractivity (Wildman–Crippen MR) is 67.2 cm³/mol. The van der Waals surface area contributed by atoms with Crippen LogP contribution in [0.3, 0.4) is 0 Å². The van der Waals surface area contributed by atoms with E-state index in [4.69, 9.17) is 9.84 Å². The Bertz CT molecular complexity index is 291. The van der Waals surface area contributed by atoms with Crippen LogP contribution in [0.2, 0.25) is 0 Å². The Morgan fingerprint density at radius 2 is 2.00 bits per heavy atom. The van der Waals surface area contributed by atoms with Gasteiger partial charge in [0.05, 0.1) is 12.0 Å². The van der Waals surface area contributed by atoms with Crippen LogP contribution in [-0.2, 0) is 14.3 Å². The molecule has 2 N–H and O–H groups in total. The first-order valence-electron chi connectivity index (χ1n) is 6.62. The second-order valence-electron chi connectivity index (χ2n) is 5.11. The molecule has 0 bridgehead atoms. The fraction of sp³-hybridized carbons (Fsp3) is 0.846. The molecule has 0 aromatic heterocycles. The van der Waals surface area contributed by atoms with Gasteiger partial charge < -0.3 is 15.2 Å². The number of carboxylic acids is 1. The molecule has 0 spiro atoms. The Labute approximate surface area is 108 Å². The monoisotopic (exact) mass is 257 g/mol. The average molecular weight is 257 g/mol. The zero-order valence-electron chi connectivity index (χ0n) is 11.1. The van der Waals surface area contributed by atoms with Crippen molar-refractivity contribution in [1.29, 1.82) is 0 Å². The summed E-state index contributed by atoms with van der Waals surface area (Å²) in [5.41, 5.74) is 0. The van der Waals surface area contributed by atoms with E-state index in [0.717, 1.165) is 6.42 Å². The minimum atomic E-state index is -0.782. The SMILES string of the molecule is CC(C)OCCCNC(=O)C1CCC(C(=O)O)C1. The Balaban J connectivity index is 2.12. The third-order valence-corrected chi connectivity index (χ3v) is 3.22. The lowest BCUT2D eigenvalue weighted by Gasteiger charge is -2.11. The van der Waals surface area contributed by atoms with Crippen molar-refractivity contribution in [3.63, 3.8) is 0 Å². The highest BCUT2D eigenvalue weighted by Gasteiger charge is 2.33. The van der Waals surface area contributed by atoms with Gasteiger partial charge in [-0.05, 0) is 39.5 Å². The summed E-state index contributed by atoms with van der Waals surface area (Å²) in [4.78, 5) is 22.6. The number of aliphatic carboxylic acids is 1. The summed E-state index contributed by atoms with van der Waals surface area (Å²) in [7, 11) is 0. The third kappa shape index (κ3) is 5.04. The highest BCUT2D eigenvalue weighted by atomic mass is 16.5. The average Bonchev–Trinajstić information content (AvgIpc) is 2.77. The lowest BCUT2D eigenvalue weighted by Crippen LogP contribution is -2.31. The van der Waals surface area contributed by atoms with Crippen LogP contribution in [0.4, 0.5) is 0 Å². The van der Waals surface area contributed by atoms with Gasteiger partial charge in [0, 0.05) is 19.1 Å². The minimum absolute atomic E-state index is 0.0108. The van der Waals surface area contributed by atoms with Crippen molar-refractivity contribution in [3.05, 3.63) is 0 Å². The van der Waals surface area contributed by atoms with E-state index in [1.165, 1.54) is 0 Å². The summed E-state index contributed by atoms with van der Waals surface area (Å²) in [5.74, 6) is -1.26. The first-order chi connectivity index (χ1) is 8.50. The summed E-state index contributed by atoms with van der Waals surface area (Å²) in [5, 5.41) is 11.7. The second-order valence-corrected chi connectivity index (χ2v) is 5.11. The molecule has 0 radical (unpaired) electrons. The Kier molecular flexibility index (Phi) is 6.12. The predicted octanol–water partition coefficient (Wildman–Crippen LogP) is 1.42. The lowest BCUT2D eigenvalue weighted by atomic mass is 10.0. The van der Waals surface area contributed by atoms with Gasteiger partial charge >= 0.3 is 5.97 Å². The summed E-state index contributed by atoms with van der Waals surface area (Å²) < 4.78 is 5.37. The van der Waals surface area contributed by atoms with Crippen molar-refractivity contribution >= 4 is 11.9 Å². The van der Waals surface area contributed by atoms with Gasteiger partial charge in [0.15, 0.2) is 0 Å². The van der Waals surface area contributed by atoms with Crippen molar-refractivity contribution in [2.45, 2.75) is 45.6 Å². The minimum Gasteiger partial charge on any atom is -0.481 e. The van der Waals surface area contributed by atoms with E-state index in [2.05, 4.69) is 5.32 Å². The van der Waals surface area contributed by atoms with E-state index in [9.17, 15) is 9.59 Å². The van der Waals surface area contributed by atoms with Crippen LogP contribution < -0.4 is 5.32 Å². The van der Waals surface area contributed by atoms with Crippen LogP contribution in [0, 0.1) is 11.8 Å². The molecule has 0 aromatic rings. The fourth-order valence-corrected chi connectivity index (χ4v) is 2.19. The molecule has 0 aromatic carbocycles. The molecule has 0 heterocycles. The summed E-state index contributed by atoms with van der Waals surface area (Å²) in [6.45, 7) is 5.19. The smallest absolute Gasteiger partial charge is 0.306 e. The van der Waals surface area contributed by atoms with Gasteiger partial charge in [-0.15, -0.1) is 0 Å². The second kappa shape index (κ2) is 7.36. The normalized spacial score (nSPS) is 23.3. The molecule has 18 heavy (non-hydrogen) atoms. The van der Waals surface area contributed by atoms with Gasteiger partial charge in [0.2, 0.25) is 5.91 Å². The van der Waals surface area contributed by atoms with E-state index in [-0.39, 0.29) is 23.8 Å². The number of amides is 1. The maximum Gasteiger partial charge on any atom is 0.306 e. The topological polar surface area (TPSA) is 75.6 Å². The molecule has 2 atom stereocenters. The Hall–Kier alpha value is -1.10. The van der Waals surface area contributed by atoms with Gasteiger partial charge in [0.1, 0.15) is 0 Å². The first kappa shape index (κ1) is 15.0. The quantitative estimate of drug-likeness (QED) is 0.676. The fourth-order valence-electron chi connectivity index (χ4n) is 2.19. The van der Waals surface area contributed by atoms with Crippen molar-refractivity contribution in [1.82, 2.24) is 5.32 Å². The van der Waals surface area contributed by atoms with E-state index < -0.39 is 5.97 Å². The molecule has 5 nitrogen and oxygen atoms in total. The summed E-state index contributed by atoms with van der Waals surface area (Å²) >= 11 is 0.